The van der Waals surface area contributed by atoms with Gasteiger partial charge in [0.05, 0.1) is 0 Å². The highest BCUT2D eigenvalue weighted by Crippen LogP contribution is 1.99. The topological polar surface area (TPSA) is 46.2 Å². The van der Waals surface area contributed by atoms with Crippen LogP contribution in [0.5, 0.6) is 0 Å². The summed E-state index contributed by atoms with van der Waals surface area (Å²) in [5, 5.41) is 2.06. The van der Waals surface area contributed by atoms with E-state index in [0.717, 1.165) is 0 Å². The summed E-state index contributed by atoms with van der Waals surface area (Å²) >= 11 is 0. The van der Waals surface area contributed by atoms with Crippen LogP contribution in [0.25, 0.3) is 0 Å². The molecule has 1 aliphatic heterocycles. The van der Waals surface area contributed by atoms with E-state index in [9.17, 15) is 8.42 Å². The van der Waals surface area contributed by atoms with Crippen LogP contribution in [0.2, 0.25) is 0 Å². The first-order chi connectivity index (χ1) is 4.11. The molecule has 0 saturated carbocycles. The third-order valence-electron chi connectivity index (χ3n) is 1.04. The van der Waals surface area contributed by atoms with Crippen molar-refractivity contribution in [2.45, 2.75) is 5.37 Å². The van der Waals surface area contributed by atoms with Crippen molar-refractivity contribution >= 4 is 9.84 Å². The highest BCUT2D eigenvalue weighted by atomic mass is 32.2. The van der Waals surface area contributed by atoms with Crippen LogP contribution in [-0.4, -0.2) is 26.6 Å². The molecule has 0 spiro atoms. The van der Waals surface area contributed by atoms with Crippen molar-refractivity contribution < 1.29 is 8.42 Å². The summed E-state index contributed by atoms with van der Waals surface area (Å²) < 4.78 is 21.3. The van der Waals surface area contributed by atoms with Gasteiger partial charge in [0, 0.05) is 12.8 Å². The Hall–Kier alpha value is -0.350. The van der Waals surface area contributed by atoms with Crippen LogP contribution in [-0.2, 0) is 9.84 Å². The van der Waals surface area contributed by atoms with Crippen LogP contribution >= 0.6 is 0 Å². The molecule has 1 aliphatic rings. The first-order valence-corrected chi connectivity index (χ1v) is 4.47. The minimum absolute atomic E-state index is 0.484. The second-order valence-electron chi connectivity index (χ2n) is 1.91. The molecule has 1 unspecified atom stereocenters. The molecule has 0 saturated heterocycles. The zero-order chi connectivity index (χ0) is 6.91. The lowest BCUT2D eigenvalue weighted by Crippen LogP contribution is -2.30. The summed E-state index contributed by atoms with van der Waals surface area (Å²) in [5.41, 5.74) is 0. The van der Waals surface area contributed by atoms with Crippen molar-refractivity contribution in [3.05, 3.63) is 12.2 Å². The summed E-state index contributed by atoms with van der Waals surface area (Å²) in [7, 11) is -2.99. The molecular formula is C5H7NO2S. The van der Waals surface area contributed by atoms with Crippen LogP contribution in [0.4, 0.5) is 0 Å². The predicted molar refractivity (Wildman–Crippen MR) is 33.1 cm³/mol. The van der Waals surface area contributed by atoms with E-state index in [2.05, 4.69) is 17.5 Å². The van der Waals surface area contributed by atoms with E-state index in [1.54, 1.807) is 0 Å². The summed E-state index contributed by atoms with van der Waals surface area (Å²) in [5.74, 6) is 0. The molecule has 1 heterocycles. The van der Waals surface area contributed by atoms with Crippen LogP contribution in [0.15, 0.2) is 0 Å². The van der Waals surface area contributed by atoms with Crippen LogP contribution in [0.1, 0.15) is 0 Å². The fraction of sp³-hybridized carbons (Fsp3) is 0.600. The van der Waals surface area contributed by atoms with Crippen molar-refractivity contribution in [1.82, 2.24) is 5.32 Å². The molecule has 0 fully saturated rings. The smallest absolute Gasteiger partial charge is 0.167 e. The van der Waals surface area contributed by atoms with Crippen LogP contribution < -0.4 is 5.32 Å². The fourth-order valence-electron chi connectivity index (χ4n) is 0.597. The second-order valence-corrected chi connectivity index (χ2v) is 4.04. The van der Waals surface area contributed by atoms with E-state index < -0.39 is 15.2 Å². The van der Waals surface area contributed by atoms with Crippen LogP contribution in [0.3, 0.4) is 0 Å². The highest BCUT2D eigenvalue weighted by molar-refractivity contribution is 7.91. The lowest BCUT2D eigenvalue weighted by molar-refractivity contribution is 0.585. The maximum atomic E-state index is 10.7. The quantitative estimate of drug-likeness (QED) is 0.521. The molecule has 3 nitrogen and oxygen atoms in total. The van der Waals surface area contributed by atoms with Gasteiger partial charge in [0.15, 0.2) is 9.84 Å². The maximum absolute atomic E-state index is 10.7. The van der Waals surface area contributed by atoms with Gasteiger partial charge in [-0.3, -0.25) is 5.32 Å². The Balaban J connectivity index is 2.76. The van der Waals surface area contributed by atoms with Gasteiger partial charge in [-0.1, -0.05) is 0 Å². The lowest BCUT2D eigenvalue weighted by Gasteiger charge is -2.03. The molecule has 50 valence electrons. The molecular weight excluding hydrogens is 138 g/mol. The molecule has 1 atom stereocenters. The molecule has 0 aromatic rings. The number of nitrogens with one attached hydrogen (secondary N) is 1. The molecule has 0 aromatic heterocycles. The van der Waals surface area contributed by atoms with Crippen molar-refractivity contribution in [3.8, 4) is 0 Å². The number of hydrogen-bond donors (Lipinski definition) is 1. The number of sulfone groups is 1. The third kappa shape index (κ3) is 1.53. The predicted octanol–water partition coefficient (Wildman–Crippen LogP) is -0.877. The van der Waals surface area contributed by atoms with Crippen molar-refractivity contribution in [1.29, 1.82) is 0 Å². The Morgan fingerprint density at radius 3 is 2.56 bits per heavy atom. The minimum atomic E-state index is -2.99. The molecule has 2 radical (unpaired) electrons. The Labute approximate surface area is 54.7 Å². The SMILES string of the molecule is CS(=O)(=O)C1[C]=[C]CN1. The highest BCUT2D eigenvalue weighted by Gasteiger charge is 2.19. The number of hydrogen-bond acceptors (Lipinski definition) is 3. The van der Waals surface area contributed by atoms with Gasteiger partial charge in [-0.2, -0.15) is 0 Å². The van der Waals surface area contributed by atoms with Gasteiger partial charge in [-0.05, 0) is 12.2 Å². The summed E-state index contributed by atoms with van der Waals surface area (Å²) in [6.07, 6.45) is 6.36. The summed E-state index contributed by atoms with van der Waals surface area (Å²) in [6, 6.07) is 0. The molecule has 1 rings (SSSR count). The van der Waals surface area contributed by atoms with Gasteiger partial charge in [0.1, 0.15) is 5.37 Å². The lowest BCUT2D eigenvalue weighted by atomic mass is 10.6. The summed E-state index contributed by atoms with van der Waals surface area (Å²) in [6.45, 7) is 0.484. The normalized spacial score (nSPS) is 27.0. The molecule has 4 heteroatoms. The van der Waals surface area contributed by atoms with Crippen molar-refractivity contribution in [2.24, 2.45) is 0 Å². The monoisotopic (exact) mass is 145 g/mol. The van der Waals surface area contributed by atoms with E-state index in [-0.39, 0.29) is 0 Å². The van der Waals surface area contributed by atoms with E-state index in [4.69, 9.17) is 0 Å². The van der Waals surface area contributed by atoms with Gasteiger partial charge in [-0.25, -0.2) is 8.42 Å². The van der Waals surface area contributed by atoms with Crippen molar-refractivity contribution in [3.63, 3.8) is 0 Å². The molecule has 0 aromatic carbocycles. The van der Waals surface area contributed by atoms with Gasteiger partial charge in [0.25, 0.3) is 0 Å². The average molecular weight is 145 g/mol. The van der Waals surface area contributed by atoms with E-state index in [1.165, 1.54) is 6.26 Å². The maximum Gasteiger partial charge on any atom is 0.167 e. The Bertz CT molecular complexity index is 217. The van der Waals surface area contributed by atoms with E-state index in [0.29, 0.717) is 6.54 Å². The Morgan fingerprint density at radius 2 is 2.33 bits per heavy atom. The standard InChI is InChI=1S/C5H7NO2S/c1-9(7,8)5-3-2-4-6-5/h5-6H,4H2,1H3. The zero-order valence-corrected chi connectivity index (χ0v) is 5.83. The van der Waals surface area contributed by atoms with E-state index in [1.807, 2.05) is 0 Å². The minimum Gasteiger partial charge on any atom is -0.293 e. The second kappa shape index (κ2) is 2.11. The molecule has 0 amide bonds. The summed E-state index contributed by atoms with van der Waals surface area (Å²) in [4.78, 5) is 0. The molecule has 0 bridgehead atoms. The van der Waals surface area contributed by atoms with Crippen LogP contribution in [0, 0.1) is 12.2 Å². The van der Waals surface area contributed by atoms with Crippen molar-refractivity contribution in [2.75, 3.05) is 12.8 Å². The molecule has 9 heavy (non-hydrogen) atoms. The number of rotatable bonds is 1. The third-order valence-corrected chi connectivity index (χ3v) is 2.18. The van der Waals surface area contributed by atoms with Gasteiger partial charge >= 0.3 is 0 Å². The Morgan fingerprint density at radius 1 is 1.67 bits per heavy atom. The average Bonchev–Trinajstić information content (AvgIpc) is 2.08. The Kier molecular flexibility index (Phi) is 1.59. The first kappa shape index (κ1) is 6.77. The van der Waals surface area contributed by atoms with E-state index >= 15 is 0 Å². The molecule has 0 aliphatic carbocycles. The van der Waals surface area contributed by atoms with Gasteiger partial charge < -0.3 is 0 Å². The molecule has 1 N–H and O–H groups in total. The van der Waals surface area contributed by atoms with Gasteiger partial charge in [-0.15, -0.1) is 0 Å². The zero-order valence-electron chi connectivity index (χ0n) is 5.01. The first-order valence-electron chi connectivity index (χ1n) is 2.51. The fourth-order valence-corrected chi connectivity index (χ4v) is 1.28. The largest absolute Gasteiger partial charge is 0.293 e. The van der Waals surface area contributed by atoms with Gasteiger partial charge in [0.2, 0.25) is 0 Å².